The van der Waals surface area contributed by atoms with Gasteiger partial charge in [-0.1, -0.05) is 133 Å². The molecule has 3 heterocycles. The van der Waals surface area contributed by atoms with Crippen LogP contribution in [0.4, 0.5) is 0 Å². The minimum atomic E-state index is -0.710. The van der Waals surface area contributed by atoms with Gasteiger partial charge in [0.25, 0.3) is 0 Å². The summed E-state index contributed by atoms with van der Waals surface area (Å²) < 4.78 is 21.2. The van der Waals surface area contributed by atoms with Gasteiger partial charge < -0.3 is 38.3 Å². The predicted octanol–water partition coefficient (Wildman–Crippen LogP) is 14.7. The molecule has 3 aliphatic heterocycles. The Hall–Kier alpha value is -9.73. The van der Waals surface area contributed by atoms with Gasteiger partial charge in [0.2, 0.25) is 17.3 Å². The van der Waals surface area contributed by atoms with Crippen molar-refractivity contribution in [3.05, 3.63) is 203 Å². The number of oxime groups is 3. The number of benzene rings is 6. The third-order valence-electron chi connectivity index (χ3n) is 18.2. The van der Waals surface area contributed by atoms with E-state index in [2.05, 4.69) is 58.2 Å². The zero-order valence-corrected chi connectivity index (χ0v) is 66.8. The van der Waals surface area contributed by atoms with Crippen LogP contribution in [0.3, 0.4) is 0 Å². The Balaban J connectivity index is 0.000000232. The molecular formula is C84H95N7O17S3. The average Bonchev–Trinajstić information content (AvgIpc) is 0.809. The first-order valence-corrected chi connectivity index (χ1v) is 38.8. The minimum absolute atomic E-state index is 0.0321. The topological polar surface area (TPSA) is 286 Å². The Kier molecular flexibility index (Phi) is 34.9. The Morgan fingerprint density at radius 2 is 0.703 bits per heavy atom. The summed E-state index contributed by atoms with van der Waals surface area (Å²) in [7, 11) is 0. The van der Waals surface area contributed by atoms with Crippen LogP contribution >= 0.6 is 35.3 Å². The van der Waals surface area contributed by atoms with E-state index in [0.29, 0.717) is 73.9 Å². The molecule has 0 atom stereocenters. The molecule has 0 unspecified atom stereocenters. The van der Waals surface area contributed by atoms with Crippen LogP contribution in [0.1, 0.15) is 170 Å². The van der Waals surface area contributed by atoms with Gasteiger partial charge in [-0.05, 0) is 151 Å². The number of carbonyl (C=O) groups is 10. The standard InChI is InChI=1S/C30H38N2O5S.C29H32N2O7S.C25H25N3O5S/c1-5-6-7-8-9-27(31-37-22(2)33)28(34)23-10-14-25(15-11-23)38-26-16-12-24(13-17-26)29(35)30(3,4)32-18-20-36-21-19-32;1-5-26(33)37-17-14-25(30-38-20(2)32)27(34)21-6-10-23(11-7-21)39-24-12-8-22(9-13-24)28(35)29(3,4)31-15-18-36-19-16-31;1-17(29)33-27-24(26-4)22(30)18-5-9-20(10-6-18)34-21-11-7-19(8-12-21)23(31)25(2,3)28-13-15-32-16-14-28/h10-17H,5-9,18-21H2,1-4H3;5-13H,1,14-19H2,2-4H3;5-12H,13-16H2,1-3H3/b31-27+;30-25+;27-24-. The second kappa shape index (κ2) is 43.8. The lowest BCUT2D eigenvalue weighted by Crippen LogP contribution is -2.54. The third kappa shape index (κ3) is 27.0. The number of unbranched alkanes of at least 4 members (excludes halogenated alkanes) is 3. The van der Waals surface area contributed by atoms with Gasteiger partial charge in [0.1, 0.15) is 11.4 Å². The summed E-state index contributed by atoms with van der Waals surface area (Å²) in [5.74, 6) is -4.16. The molecule has 0 spiro atoms. The zero-order valence-electron chi connectivity index (χ0n) is 64.4. The van der Waals surface area contributed by atoms with Gasteiger partial charge >= 0.3 is 29.7 Å². The fourth-order valence-corrected chi connectivity index (χ4v) is 14.1. The van der Waals surface area contributed by atoms with Crippen molar-refractivity contribution in [1.29, 1.82) is 0 Å². The van der Waals surface area contributed by atoms with Crippen molar-refractivity contribution in [3.63, 3.8) is 0 Å². The van der Waals surface area contributed by atoms with Crippen LogP contribution in [0.2, 0.25) is 0 Å². The lowest BCUT2D eigenvalue weighted by Gasteiger charge is -2.39. The summed E-state index contributed by atoms with van der Waals surface area (Å²) in [6.45, 7) is 35.9. The second-order valence-corrected chi connectivity index (χ2v) is 30.6. The van der Waals surface area contributed by atoms with Gasteiger partial charge in [0, 0.05) is 135 Å². The molecule has 586 valence electrons. The van der Waals surface area contributed by atoms with Gasteiger partial charge in [-0.3, -0.25) is 38.7 Å². The number of nitrogens with zero attached hydrogens (tertiary/aromatic N) is 7. The molecule has 0 N–H and O–H groups in total. The maximum Gasteiger partial charge on any atom is 0.363 e. The molecule has 3 fully saturated rings. The van der Waals surface area contributed by atoms with Gasteiger partial charge in [-0.25, -0.2) is 24.0 Å². The van der Waals surface area contributed by atoms with Gasteiger partial charge in [-0.2, -0.15) is 0 Å². The number of carbonyl (C=O) groups excluding carboxylic acids is 10. The molecule has 6 aromatic carbocycles. The van der Waals surface area contributed by atoms with Crippen molar-refractivity contribution < 1.29 is 81.4 Å². The minimum Gasteiger partial charge on any atom is -0.462 e. The van der Waals surface area contributed by atoms with Crippen molar-refractivity contribution in [2.75, 3.05) is 85.5 Å². The molecule has 0 bridgehead atoms. The van der Waals surface area contributed by atoms with Crippen molar-refractivity contribution >= 4 is 111 Å². The highest BCUT2D eigenvalue weighted by atomic mass is 32.2. The van der Waals surface area contributed by atoms with Crippen LogP contribution in [-0.4, -0.2) is 193 Å². The van der Waals surface area contributed by atoms with Crippen molar-refractivity contribution in [2.45, 2.75) is 154 Å². The summed E-state index contributed by atoms with van der Waals surface area (Å²) in [5.41, 5.74) is 1.48. The lowest BCUT2D eigenvalue weighted by atomic mass is 9.91. The molecule has 111 heavy (non-hydrogen) atoms. The molecule has 6 aromatic rings. The van der Waals surface area contributed by atoms with Crippen molar-refractivity contribution in [1.82, 2.24) is 14.7 Å². The Morgan fingerprint density at radius 3 is 0.982 bits per heavy atom. The zero-order chi connectivity index (χ0) is 80.7. The Bertz CT molecular complexity index is 4370. The quantitative estimate of drug-likeness (QED) is 0.00426. The normalized spacial score (nSPS) is 14.7. The molecule has 24 nitrogen and oxygen atoms in total. The number of morpholine rings is 3. The van der Waals surface area contributed by atoms with Crippen LogP contribution in [0, 0.1) is 6.57 Å². The molecule has 27 heteroatoms. The number of esters is 1. The molecular weight excluding hydrogens is 1480 g/mol. The fourth-order valence-electron chi connectivity index (χ4n) is 11.7. The van der Waals surface area contributed by atoms with Crippen molar-refractivity contribution in [2.24, 2.45) is 15.5 Å². The SMILES string of the molecule is C=CC(=O)OCC/C(=N\OC(C)=O)C(=O)c1ccc(Sc2ccc(C(=O)C(C)(C)N3CCOCC3)cc2)cc1.CCCCCC/C(=N\OC(C)=O)C(=O)c1ccc(Sc2ccc(C(=O)C(C)(C)N3CCOCC3)cc2)cc1.[C-]#[N+]/C(=N\OC(C)=O)C(=O)c1ccc(Sc2ccc(C(=O)C(C)(C)N3CCOCC3)cc2)cc1. The highest BCUT2D eigenvalue weighted by Gasteiger charge is 2.39. The molecule has 0 aromatic heterocycles. The van der Waals surface area contributed by atoms with Crippen LogP contribution in [0.15, 0.2) is 203 Å². The number of amidine groups is 1. The molecule has 0 radical (unpaired) electrons. The Morgan fingerprint density at radius 1 is 0.423 bits per heavy atom. The van der Waals surface area contributed by atoms with E-state index in [1.165, 1.54) is 37.4 Å². The number of rotatable bonds is 33. The molecule has 0 amide bonds. The summed E-state index contributed by atoms with van der Waals surface area (Å²) in [6.07, 6.45) is 5.43. The predicted molar refractivity (Wildman–Crippen MR) is 425 cm³/mol. The average molecular weight is 1570 g/mol. The van der Waals surface area contributed by atoms with E-state index in [1.54, 1.807) is 72.4 Å². The number of ether oxygens (including phenoxy) is 4. The first-order valence-electron chi connectivity index (χ1n) is 36.4. The van der Waals surface area contributed by atoms with Gasteiger partial charge in [0.05, 0.1) is 68.0 Å². The maximum atomic E-state index is 13.2. The number of hydrogen-bond donors (Lipinski definition) is 0. The van der Waals surface area contributed by atoms with Crippen LogP contribution < -0.4 is 0 Å². The Labute approximate surface area is 661 Å². The number of ketones is 6. The molecule has 3 saturated heterocycles. The monoisotopic (exact) mass is 1570 g/mol. The third-order valence-corrected chi connectivity index (χ3v) is 21.2. The molecule has 9 rings (SSSR count). The van der Waals surface area contributed by atoms with Crippen LogP contribution in [0.25, 0.3) is 4.85 Å². The second-order valence-electron chi connectivity index (χ2n) is 27.2. The highest BCUT2D eigenvalue weighted by molar-refractivity contribution is 7.99. The summed E-state index contributed by atoms with van der Waals surface area (Å²) in [6, 6.07) is 43.5. The summed E-state index contributed by atoms with van der Waals surface area (Å²) in [5, 5.41) is 10.8. The van der Waals surface area contributed by atoms with Crippen LogP contribution in [-0.2, 0) is 52.6 Å². The van der Waals surface area contributed by atoms with Gasteiger partial charge in [-0.15, -0.1) is 0 Å². The first kappa shape index (κ1) is 88.5. The van der Waals surface area contributed by atoms with E-state index >= 15 is 0 Å². The van der Waals surface area contributed by atoms with E-state index in [9.17, 15) is 47.9 Å². The summed E-state index contributed by atoms with van der Waals surface area (Å²) in [4.78, 5) is 151. The maximum absolute atomic E-state index is 13.2. The fraction of sp³-hybridized carbons (Fsp3) is 0.381. The largest absolute Gasteiger partial charge is 0.462 e. The van der Waals surface area contributed by atoms with E-state index in [-0.39, 0.29) is 53.1 Å². The number of hydrogen-bond acceptors (Lipinski definition) is 26. The van der Waals surface area contributed by atoms with E-state index in [1.807, 2.05) is 126 Å². The number of Topliss-reactive ketones (excluding diaryl/α,β-unsaturated/α-hetero) is 6. The van der Waals surface area contributed by atoms with E-state index in [0.717, 1.165) is 107 Å². The highest BCUT2D eigenvalue weighted by Crippen LogP contribution is 2.34. The smallest absolute Gasteiger partial charge is 0.363 e. The van der Waals surface area contributed by atoms with E-state index in [4.69, 9.17) is 30.4 Å². The van der Waals surface area contributed by atoms with E-state index < -0.39 is 57.9 Å². The molecule has 0 aliphatic carbocycles. The summed E-state index contributed by atoms with van der Waals surface area (Å²) >= 11 is 4.53. The van der Waals surface area contributed by atoms with Crippen LogP contribution in [0.5, 0.6) is 0 Å². The first-order chi connectivity index (χ1) is 53.0. The molecule has 0 saturated carbocycles. The molecule has 3 aliphatic rings. The van der Waals surface area contributed by atoms with Crippen molar-refractivity contribution in [3.8, 4) is 0 Å². The lowest BCUT2D eigenvalue weighted by molar-refractivity contribution is -0.141. The van der Waals surface area contributed by atoms with Gasteiger partial charge in [0.15, 0.2) is 17.3 Å².